The summed E-state index contributed by atoms with van der Waals surface area (Å²) in [7, 11) is 1.20. The molecule has 1 saturated heterocycles. The van der Waals surface area contributed by atoms with Gasteiger partial charge in [-0.05, 0) is 39.3 Å². The van der Waals surface area contributed by atoms with Gasteiger partial charge in [0, 0.05) is 46.9 Å². The Kier molecular flexibility index (Phi) is 8.26. The Morgan fingerprint density at radius 3 is 2.62 bits per heavy atom. The van der Waals surface area contributed by atoms with Crippen molar-refractivity contribution in [2.24, 2.45) is 16.8 Å². The number of amidine groups is 1. The zero-order valence-corrected chi connectivity index (χ0v) is 23.3. The highest BCUT2D eigenvalue weighted by Gasteiger charge is 2.44. The summed E-state index contributed by atoms with van der Waals surface area (Å²) in [6.07, 6.45) is 1.17. The number of carbonyl (C=O) groups is 3. The molecule has 2 aromatic rings. The summed E-state index contributed by atoms with van der Waals surface area (Å²) in [4.78, 5) is 48.8. The average Bonchev–Trinajstić information content (AvgIpc) is 3.41. The van der Waals surface area contributed by atoms with Crippen molar-refractivity contribution in [1.29, 1.82) is 0 Å². The number of ether oxygens (including phenoxy) is 2. The van der Waals surface area contributed by atoms with E-state index in [0.29, 0.717) is 16.4 Å². The molecule has 0 radical (unpaired) electrons. The maximum Gasteiger partial charge on any atom is 0.410 e. The van der Waals surface area contributed by atoms with Crippen LogP contribution in [-0.4, -0.2) is 64.7 Å². The highest BCUT2D eigenvalue weighted by molar-refractivity contribution is 7.11. The van der Waals surface area contributed by atoms with E-state index in [2.05, 4.69) is 15.3 Å². The van der Waals surface area contributed by atoms with Gasteiger partial charge in [0.25, 0.3) is 0 Å². The van der Waals surface area contributed by atoms with Gasteiger partial charge in [-0.15, -0.1) is 11.3 Å². The SMILES string of the molecule is COC(=O)C1=C(C2CCN(C(=O)OC(C)(C)C)CC2C(=O)O)NC(c2nccs2)=NC1c1ccc(F)cc1Cl. The molecule has 39 heavy (non-hydrogen) atoms. The molecule has 1 fully saturated rings. The number of aromatic nitrogens is 1. The van der Waals surface area contributed by atoms with E-state index in [0.717, 1.165) is 6.07 Å². The minimum Gasteiger partial charge on any atom is -0.481 e. The van der Waals surface area contributed by atoms with Gasteiger partial charge in [0.05, 0.1) is 18.6 Å². The molecule has 3 atom stereocenters. The fraction of sp³-hybridized carbons (Fsp3) is 0.423. The van der Waals surface area contributed by atoms with Gasteiger partial charge in [-0.25, -0.2) is 19.0 Å². The number of rotatable bonds is 5. The van der Waals surface area contributed by atoms with Crippen molar-refractivity contribution in [3.8, 4) is 0 Å². The van der Waals surface area contributed by atoms with Gasteiger partial charge in [-0.1, -0.05) is 17.7 Å². The number of piperidine rings is 1. The monoisotopic (exact) mass is 578 g/mol. The van der Waals surface area contributed by atoms with Crippen molar-refractivity contribution >= 4 is 46.8 Å². The number of hydrogen-bond donors (Lipinski definition) is 2. The Balaban J connectivity index is 1.82. The molecule has 2 aliphatic rings. The number of esters is 1. The number of nitrogens with one attached hydrogen (secondary N) is 1. The van der Waals surface area contributed by atoms with Crippen molar-refractivity contribution in [2.45, 2.75) is 38.8 Å². The third-order valence-electron chi connectivity index (χ3n) is 6.32. The summed E-state index contributed by atoms with van der Waals surface area (Å²) >= 11 is 7.69. The van der Waals surface area contributed by atoms with Crippen molar-refractivity contribution in [3.05, 3.63) is 62.5 Å². The summed E-state index contributed by atoms with van der Waals surface area (Å²) < 4.78 is 24.4. The number of amides is 1. The van der Waals surface area contributed by atoms with Gasteiger partial charge in [0.2, 0.25) is 0 Å². The number of carboxylic acids is 1. The molecule has 208 valence electrons. The van der Waals surface area contributed by atoms with Crippen LogP contribution in [0, 0.1) is 17.7 Å². The fourth-order valence-electron chi connectivity index (χ4n) is 4.63. The molecular formula is C26H28ClFN4O6S. The fourth-order valence-corrected chi connectivity index (χ4v) is 5.49. The van der Waals surface area contributed by atoms with Crippen LogP contribution in [0.1, 0.15) is 43.8 Å². The zero-order chi connectivity index (χ0) is 28.5. The molecular weight excluding hydrogens is 551 g/mol. The molecule has 0 saturated carbocycles. The molecule has 1 amide bonds. The molecule has 10 nitrogen and oxygen atoms in total. The lowest BCUT2D eigenvalue weighted by Gasteiger charge is -2.40. The average molecular weight is 579 g/mol. The molecule has 13 heteroatoms. The van der Waals surface area contributed by atoms with E-state index < -0.39 is 47.3 Å². The molecule has 1 aromatic carbocycles. The number of carbonyl (C=O) groups excluding carboxylic acids is 2. The van der Waals surface area contributed by atoms with Crippen LogP contribution < -0.4 is 5.32 Å². The van der Waals surface area contributed by atoms with E-state index in [-0.39, 0.29) is 35.8 Å². The van der Waals surface area contributed by atoms with E-state index in [1.165, 1.54) is 35.5 Å². The molecule has 0 bridgehead atoms. The van der Waals surface area contributed by atoms with Gasteiger partial charge >= 0.3 is 18.0 Å². The second-order valence-electron chi connectivity index (χ2n) is 10.1. The van der Waals surface area contributed by atoms with Gasteiger partial charge < -0.3 is 24.8 Å². The molecule has 0 aliphatic carbocycles. The molecule has 0 spiro atoms. The molecule has 1 aromatic heterocycles. The van der Waals surface area contributed by atoms with Crippen LogP contribution in [0.5, 0.6) is 0 Å². The lowest BCUT2D eigenvalue weighted by atomic mass is 9.79. The van der Waals surface area contributed by atoms with E-state index >= 15 is 0 Å². The van der Waals surface area contributed by atoms with Crippen LogP contribution in [0.3, 0.4) is 0 Å². The predicted octanol–water partition coefficient (Wildman–Crippen LogP) is 4.41. The molecule has 2 N–H and O–H groups in total. The second kappa shape index (κ2) is 11.3. The summed E-state index contributed by atoms with van der Waals surface area (Å²) in [6.45, 7) is 5.23. The summed E-state index contributed by atoms with van der Waals surface area (Å²) in [6, 6.07) is 2.72. The number of halogens is 2. The van der Waals surface area contributed by atoms with Gasteiger partial charge in [-0.2, -0.15) is 0 Å². The van der Waals surface area contributed by atoms with Crippen molar-refractivity contribution in [2.75, 3.05) is 20.2 Å². The lowest BCUT2D eigenvalue weighted by Crippen LogP contribution is -2.51. The molecule has 3 heterocycles. The number of methoxy groups -OCH3 is 1. The highest BCUT2D eigenvalue weighted by Crippen LogP contribution is 2.41. The van der Waals surface area contributed by atoms with Gasteiger partial charge in [-0.3, -0.25) is 9.79 Å². The maximum absolute atomic E-state index is 13.9. The number of aliphatic imine (C=N–C) groups is 1. The van der Waals surface area contributed by atoms with Crippen LogP contribution in [0.15, 0.2) is 46.0 Å². The standard InChI is InChI=1S/C26H28ClFN4O6S/c1-26(2,3)38-25(36)32-9-7-14(16(12-32)23(33)34)19-18(24(35)37-4)20(15-6-5-13(28)11-17(15)27)31-21(30-19)22-29-8-10-39-22/h5-6,8,10-11,14,16,20H,7,9,12H2,1-4H3,(H,30,31)(H,33,34). The Morgan fingerprint density at radius 1 is 1.28 bits per heavy atom. The summed E-state index contributed by atoms with van der Waals surface area (Å²) in [5.41, 5.74) is -0.0830. The molecule has 4 rings (SSSR count). The third kappa shape index (κ3) is 6.22. The number of thiazole rings is 1. The van der Waals surface area contributed by atoms with Gasteiger partial charge in [0.15, 0.2) is 10.8 Å². The van der Waals surface area contributed by atoms with Crippen molar-refractivity contribution < 1.29 is 33.4 Å². The third-order valence-corrected chi connectivity index (χ3v) is 7.43. The highest BCUT2D eigenvalue weighted by atomic mass is 35.5. The van der Waals surface area contributed by atoms with Crippen LogP contribution in [0.4, 0.5) is 9.18 Å². The lowest BCUT2D eigenvalue weighted by molar-refractivity contribution is -0.145. The minimum atomic E-state index is -1.15. The first-order valence-electron chi connectivity index (χ1n) is 12.1. The largest absolute Gasteiger partial charge is 0.481 e. The molecule has 3 unspecified atom stereocenters. The maximum atomic E-state index is 13.9. The Hall–Kier alpha value is -3.51. The smallest absolute Gasteiger partial charge is 0.410 e. The van der Waals surface area contributed by atoms with Crippen LogP contribution in [-0.2, 0) is 19.1 Å². The number of allylic oxidation sites excluding steroid dienone is 1. The van der Waals surface area contributed by atoms with Gasteiger partial charge in [0.1, 0.15) is 17.5 Å². The topological polar surface area (TPSA) is 130 Å². The first kappa shape index (κ1) is 28.5. The molecule has 2 aliphatic heterocycles. The Labute approximate surface area is 233 Å². The van der Waals surface area contributed by atoms with Crippen LogP contribution in [0.25, 0.3) is 0 Å². The summed E-state index contributed by atoms with van der Waals surface area (Å²) in [5, 5.41) is 15.6. The van der Waals surface area contributed by atoms with Crippen molar-refractivity contribution in [3.63, 3.8) is 0 Å². The normalized spacial score (nSPS) is 21.6. The second-order valence-corrected chi connectivity index (χ2v) is 11.4. The van der Waals surface area contributed by atoms with E-state index in [9.17, 15) is 23.9 Å². The van der Waals surface area contributed by atoms with E-state index in [4.69, 9.17) is 21.1 Å². The van der Waals surface area contributed by atoms with E-state index in [1.54, 1.807) is 32.3 Å². The Bertz CT molecular complexity index is 1340. The number of benzene rings is 1. The number of carboxylic acid groups (broad SMARTS) is 1. The summed E-state index contributed by atoms with van der Waals surface area (Å²) in [5.74, 6) is -3.98. The van der Waals surface area contributed by atoms with Crippen molar-refractivity contribution in [1.82, 2.24) is 15.2 Å². The number of hydrogen-bond acceptors (Lipinski definition) is 9. The van der Waals surface area contributed by atoms with E-state index in [1.807, 2.05) is 0 Å². The number of nitrogens with zero attached hydrogens (tertiary/aromatic N) is 3. The van der Waals surface area contributed by atoms with Crippen LogP contribution in [0.2, 0.25) is 5.02 Å². The quantitative estimate of drug-likeness (QED) is 0.499. The first-order chi connectivity index (χ1) is 18.4. The van der Waals surface area contributed by atoms with Crippen LogP contribution >= 0.6 is 22.9 Å². The minimum absolute atomic E-state index is 0.0411. The first-order valence-corrected chi connectivity index (χ1v) is 13.4. The predicted molar refractivity (Wildman–Crippen MR) is 142 cm³/mol. The zero-order valence-electron chi connectivity index (χ0n) is 21.7. The Morgan fingerprint density at radius 2 is 2.03 bits per heavy atom. The number of likely N-dealkylation sites (tertiary alicyclic amines) is 1. The number of aliphatic carboxylic acids is 1.